The smallest absolute Gasteiger partial charge is 0.267 e. The van der Waals surface area contributed by atoms with Gasteiger partial charge in [0, 0.05) is 17.8 Å². The number of benzene rings is 1. The molecule has 0 spiro atoms. The number of hydrogen-bond donors (Lipinski definition) is 3. The van der Waals surface area contributed by atoms with Crippen LogP contribution in [0.3, 0.4) is 0 Å². The van der Waals surface area contributed by atoms with Crippen molar-refractivity contribution in [3.8, 4) is 0 Å². The minimum absolute atomic E-state index is 0.273. The zero-order valence-corrected chi connectivity index (χ0v) is 11.0. The fraction of sp³-hybridized carbons (Fsp3) is 0. The number of nitrogens with zero attached hydrogens (tertiary/aromatic N) is 1. The van der Waals surface area contributed by atoms with Crippen LogP contribution in [0.1, 0.15) is 15.9 Å². The van der Waals surface area contributed by atoms with E-state index in [1.807, 2.05) is 0 Å². The van der Waals surface area contributed by atoms with Crippen molar-refractivity contribution in [1.29, 1.82) is 0 Å². The highest BCUT2D eigenvalue weighted by atomic mass is 16.5. The van der Waals surface area contributed by atoms with Crippen LogP contribution in [0.25, 0.3) is 6.08 Å². The molecule has 106 valence electrons. The van der Waals surface area contributed by atoms with E-state index in [1.165, 1.54) is 11.6 Å². The molecule has 2 amide bonds. The van der Waals surface area contributed by atoms with Gasteiger partial charge in [0.25, 0.3) is 11.8 Å². The first-order valence-electron chi connectivity index (χ1n) is 6.12. The zero-order valence-electron chi connectivity index (χ0n) is 11.0. The van der Waals surface area contributed by atoms with Gasteiger partial charge in [-0.25, -0.2) is 5.48 Å². The van der Waals surface area contributed by atoms with Gasteiger partial charge in [-0.3, -0.25) is 19.8 Å². The van der Waals surface area contributed by atoms with E-state index < -0.39 is 5.91 Å². The van der Waals surface area contributed by atoms with Crippen molar-refractivity contribution in [2.75, 3.05) is 5.32 Å². The molecule has 6 heteroatoms. The average molecular weight is 283 g/mol. The largest absolute Gasteiger partial charge is 0.321 e. The van der Waals surface area contributed by atoms with Crippen molar-refractivity contribution in [1.82, 2.24) is 10.5 Å². The lowest BCUT2D eigenvalue weighted by Gasteiger charge is -2.05. The minimum Gasteiger partial charge on any atom is -0.321 e. The van der Waals surface area contributed by atoms with Gasteiger partial charge in [0.05, 0.1) is 11.9 Å². The Bertz CT molecular complexity index is 669. The molecule has 0 atom stereocenters. The van der Waals surface area contributed by atoms with Gasteiger partial charge in [-0.2, -0.15) is 0 Å². The lowest BCUT2D eigenvalue weighted by atomic mass is 10.1. The van der Waals surface area contributed by atoms with E-state index >= 15 is 0 Å². The van der Waals surface area contributed by atoms with Gasteiger partial charge in [-0.05, 0) is 35.9 Å². The molecule has 1 heterocycles. The first kappa shape index (κ1) is 14.4. The molecule has 2 aromatic rings. The molecule has 21 heavy (non-hydrogen) atoms. The summed E-state index contributed by atoms with van der Waals surface area (Å²) in [6, 6.07) is 10.2. The van der Waals surface area contributed by atoms with Crippen LogP contribution in [0, 0.1) is 0 Å². The van der Waals surface area contributed by atoms with Gasteiger partial charge in [0.1, 0.15) is 0 Å². The first-order chi connectivity index (χ1) is 10.2. The van der Waals surface area contributed by atoms with Gasteiger partial charge < -0.3 is 5.32 Å². The van der Waals surface area contributed by atoms with Crippen molar-refractivity contribution >= 4 is 23.6 Å². The maximum atomic E-state index is 12.1. The molecule has 1 aromatic heterocycles. The lowest BCUT2D eigenvalue weighted by Crippen LogP contribution is -2.14. The van der Waals surface area contributed by atoms with Crippen molar-refractivity contribution < 1.29 is 14.8 Å². The van der Waals surface area contributed by atoms with Crippen molar-refractivity contribution in [2.45, 2.75) is 0 Å². The van der Waals surface area contributed by atoms with E-state index in [2.05, 4.69) is 10.3 Å². The topological polar surface area (TPSA) is 91.3 Å². The Morgan fingerprint density at radius 3 is 2.76 bits per heavy atom. The maximum absolute atomic E-state index is 12.1. The highest BCUT2D eigenvalue weighted by Crippen LogP contribution is 2.10. The number of hydrogen-bond acceptors (Lipinski definition) is 4. The number of amides is 2. The molecular formula is C15H13N3O3. The first-order valence-corrected chi connectivity index (χ1v) is 6.12. The predicted molar refractivity (Wildman–Crippen MR) is 77.6 cm³/mol. The molecule has 0 unspecified atom stereocenters. The second-order valence-corrected chi connectivity index (χ2v) is 4.13. The normalized spacial score (nSPS) is 10.3. The van der Waals surface area contributed by atoms with E-state index in [9.17, 15) is 9.59 Å². The van der Waals surface area contributed by atoms with Crippen LogP contribution in [0.15, 0.2) is 54.9 Å². The number of anilines is 1. The molecule has 2 rings (SSSR count). The maximum Gasteiger partial charge on any atom is 0.267 e. The number of aromatic nitrogens is 1. The Kier molecular flexibility index (Phi) is 4.79. The lowest BCUT2D eigenvalue weighted by molar-refractivity contribution is -0.124. The molecule has 0 saturated carbocycles. The van der Waals surface area contributed by atoms with Crippen LogP contribution in [-0.2, 0) is 4.79 Å². The molecule has 1 aromatic carbocycles. The van der Waals surface area contributed by atoms with E-state index in [4.69, 9.17) is 5.21 Å². The molecular weight excluding hydrogens is 270 g/mol. The number of nitrogens with one attached hydrogen (secondary N) is 2. The SMILES string of the molecule is O=C(C=Cc1cccc(C(=O)Nc2cccnc2)c1)NO. The third-order valence-corrected chi connectivity index (χ3v) is 2.61. The third kappa shape index (κ3) is 4.26. The van der Waals surface area contributed by atoms with Crippen LogP contribution < -0.4 is 10.8 Å². The standard InChI is InChI=1S/C15H13N3O3/c19-14(18-21)7-6-11-3-1-4-12(9-11)15(20)17-13-5-2-8-16-10-13/h1-10,21H,(H,17,20)(H,18,19). The van der Waals surface area contributed by atoms with Crippen LogP contribution in [0.2, 0.25) is 0 Å². The summed E-state index contributed by atoms with van der Waals surface area (Å²) in [5.74, 6) is -0.912. The molecule has 0 bridgehead atoms. The predicted octanol–water partition coefficient (Wildman–Crippen LogP) is 1.85. The zero-order chi connectivity index (χ0) is 15.1. The van der Waals surface area contributed by atoms with Crippen LogP contribution in [0.5, 0.6) is 0 Å². The van der Waals surface area contributed by atoms with Crippen LogP contribution in [-0.4, -0.2) is 22.0 Å². The highest BCUT2D eigenvalue weighted by Gasteiger charge is 2.06. The Morgan fingerprint density at radius 1 is 1.19 bits per heavy atom. The molecule has 6 nitrogen and oxygen atoms in total. The molecule has 3 N–H and O–H groups in total. The molecule has 0 aliphatic heterocycles. The second kappa shape index (κ2) is 6.97. The summed E-state index contributed by atoms with van der Waals surface area (Å²) in [7, 11) is 0. The van der Waals surface area contributed by atoms with Gasteiger partial charge in [-0.15, -0.1) is 0 Å². The summed E-state index contributed by atoms with van der Waals surface area (Å²) in [5, 5.41) is 11.1. The molecule has 0 fully saturated rings. The number of rotatable bonds is 4. The van der Waals surface area contributed by atoms with Gasteiger partial charge in [-0.1, -0.05) is 12.1 Å². The van der Waals surface area contributed by atoms with Gasteiger partial charge in [0.2, 0.25) is 0 Å². The van der Waals surface area contributed by atoms with Crippen LogP contribution >= 0.6 is 0 Å². The van der Waals surface area contributed by atoms with Crippen molar-refractivity contribution in [3.05, 3.63) is 66.0 Å². The number of pyridine rings is 1. The fourth-order valence-electron chi connectivity index (χ4n) is 1.63. The number of hydroxylamine groups is 1. The Balaban J connectivity index is 2.11. The van der Waals surface area contributed by atoms with Gasteiger partial charge in [0.15, 0.2) is 0 Å². The molecule has 0 aliphatic rings. The molecule has 0 saturated heterocycles. The molecule has 0 aliphatic carbocycles. The quantitative estimate of drug-likeness (QED) is 0.453. The number of carbonyl (C=O) groups is 2. The second-order valence-electron chi connectivity index (χ2n) is 4.13. The molecule has 0 radical (unpaired) electrons. The fourth-order valence-corrected chi connectivity index (χ4v) is 1.63. The Labute approximate surface area is 121 Å². The van der Waals surface area contributed by atoms with E-state index in [0.717, 1.165) is 6.08 Å². The summed E-state index contributed by atoms with van der Waals surface area (Å²) in [4.78, 5) is 26.9. The minimum atomic E-state index is -0.639. The number of carbonyl (C=O) groups excluding carboxylic acids is 2. The van der Waals surface area contributed by atoms with Gasteiger partial charge >= 0.3 is 0 Å². The summed E-state index contributed by atoms with van der Waals surface area (Å²) in [6.07, 6.45) is 5.82. The van der Waals surface area contributed by atoms with Crippen molar-refractivity contribution in [3.63, 3.8) is 0 Å². The van der Waals surface area contributed by atoms with E-state index in [-0.39, 0.29) is 5.91 Å². The summed E-state index contributed by atoms with van der Waals surface area (Å²) >= 11 is 0. The summed E-state index contributed by atoms with van der Waals surface area (Å²) in [5.41, 5.74) is 3.21. The van der Waals surface area contributed by atoms with Crippen LogP contribution in [0.4, 0.5) is 5.69 Å². The average Bonchev–Trinajstić information content (AvgIpc) is 2.53. The summed E-state index contributed by atoms with van der Waals surface area (Å²) < 4.78 is 0. The summed E-state index contributed by atoms with van der Waals surface area (Å²) in [6.45, 7) is 0. The Hall–Kier alpha value is -2.99. The van der Waals surface area contributed by atoms with E-state index in [1.54, 1.807) is 48.8 Å². The monoisotopic (exact) mass is 283 g/mol. The van der Waals surface area contributed by atoms with Crippen molar-refractivity contribution in [2.24, 2.45) is 0 Å². The van der Waals surface area contributed by atoms with E-state index in [0.29, 0.717) is 16.8 Å². The third-order valence-electron chi connectivity index (χ3n) is 2.61. The highest BCUT2D eigenvalue weighted by molar-refractivity contribution is 6.04. The Morgan fingerprint density at radius 2 is 2.05 bits per heavy atom.